The van der Waals surface area contributed by atoms with Crippen LogP contribution in [-0.2, 0) is 4.79 Å². The molecule has 1 aromatic heterocycles. The normalized spacial score (nSPS) is 12.5. The molecule has 0 aromatic carbocycles. The molecule has 1 amide bonds. The van der Waals surface area contributed by atoms with Crippen LogP contribution in [0.15, 0.2) is 10.7 Å². The van der Waals surface area contributed by atoms with Crippen molar-refractivity contribution in [1.82, 2.24) is 10.2 Å². The Morgan fingerprint density at radius 1 is 1.86 bits per heavy atom. The van der Waals surface area contributed by atoms with E-state index in [1.54, 1.807) is 6.20 Å². The molecule has 1 aromatic rings. The zero-order valence-electron chi connectivity index (χ0n) is 7.88. The highest BCUT2D eigenvalue weighted by atomic mass is 79.9. The van der Waals surface area contributed by atoms with E-state index in [9.17, 15) is 4.79 Å². The smallest absolute Gasteiger partial charge is 0.242 e. The molecule has 0 unspecified atom stereocenters. The molecule has 0 radical (unpaired) electrons. The molecule has 6 heteroatoms. The number of carbonyl (C=O) groups is 1. The van der Waals surface area contributed by atoms with E-state index in [0.717, 1.165) is 10.9 Å². The number of amides is 1. The fourth-order valence-electron chi connectivity index (χ4n) is 1.02. The van der Waals surface area contributed by atoms with Crippen LogP contribution in [0.25, 0.3) is 0 Å². The largest absolute Gasteiger partial charge is 0.320 e. The fourth-order valence-corrected chi connectivity index (χ4v) is 1.31. The summed E-state index contributed by atoms with van der Waals surface area (Å²) in [5, 5.41) is 9.05. The number of anilines is 1. The van der Waals surface area contributed by atoms with E-state index in [4.69, 9.17) is 5.73 Å². The summed E-state index contributed by atoms with van der Waals surface area (Å²) in [5.41, 5.74) is 5.63. The lowest BCUT2D eigenvalue weighted by atomic mass is 10.2. The van der Waals surface area contributed by atoms with Crippen molar-refractivity contribution in [3.05, 3.63) is 10.7 Å². The number of carbonyl (C=O) groups excluding carboxylic acids is 1. The van der Waals surface area contributed by atoms with E-state index in [1.807, 2.05) is 6.92 Å². The molecule has 14 heavy (non-hydrogen) atoms. The minimum absolute atomic E-state index is 0.197. The van der Waals surface area contributed by atoms with Crippen molar-refractivity contribution >= 4 is 27.7 Å². The van der Waals surface area contributed by atoms with E-state index in [1.165, 1.54) is 0 Å². The molecule has 1 heterocycles. The highest BCUT2D eigenvalue weighted by Gasteiger charge is 2.14. The molecule has 78 valence electrons. The third-order valence-electron chi connectivity index (χ3n) is 1.78. The number of aromatic amines is 1. The lowest BCUT2D eigenvalue weighted by molar-refractivity contribution is -0.117. The fraction of sp³-hybridized carbons (Fsp3) is 0.500. The standard InChI is InChI=1S/C8H13BrN4O/c1-2-3-6(10)8(14)12-7-5(9)4-11-13-7/h4,6H,2-3,10H2,1H3,(H2,11,12,13,14)/t6-/m0/s1. The number of aromatic nitrogens is 2. The number of nitrogens with zero attached hydrogens (tertiary/aromatic N) is 1. The second-order valence-electron chi connectivity index (χ2n) is 2.98. The average Bonchev–Trinajstić information content (AvgIpc) is 2.52. The number of H-pyrrole nitrogens is 1. The Labute approximate surface area is 90.6 Å². The summed E-state index contributed by atoms with van der Waals surface area (Å²) >= 11 is 3.23. The molecule has 0 bridgehead atoms. The second-order valence-corrected chi connectivity index (χ2v) is 3.83. The van der Waals surface area contributed by atoms with E-state index in [2.05, 4.69) is 31.4 Å². The van der Waals surface area contributed by atoms with Crippen LogP contribution < -0.4 is 11.1 Å². The third-order valence-corrected chi connectivity index (χ3v) is 2.38. The Hall–Kier alpha value is -0.880. The number of hydrogen-bond donors (Lipinski definition) is 3. The topological polar surface area (TPSA) is 83.8 Å². The van der Waals surface area contributed by atoms with Crippen LogP contribution in [0.5, 0.6) is 0 Å². The maximum atomic E-state index is 11.4. The van der Waals surface area contributed by atoms with Gasteiger partial charge < -0.3 is 11.1 Å². The van der Waals surface area contributed by atoms with Crippen molar-refractivity contribution in [3.8, 4) is 0 Å². The van der Waals surface area contributed by atoms with Gasteiger partial charge in [-0.25, -0.2) is 0 Å². The number of halogens is 1. The third kappa shape index (κ3) is 2.81. The number of hydrogen-bond acceptors (Lipinski definition) is 3. The Bertz CT molecular complexity index is 312. The van der Waals surface area contributed by atoms with Crippen LogP contribution in [-0.4, -0.2) is 22.1 Å². The van der Waals surface area contributed by atoms with Crippen molar-refractivity contribution in [2.45, 2.75) is 25.8 Å². The minimum Gasteiger partial charge on any atom is -0.320 e. The van der Waals surface area contributed by atoms with Gasteiger partial charge in [-0.2, -0.15) is 5.10 Å². The van der Waals surface area contributed by atoms with Gasteiger partial charge in [-0.15, -0.1) is 0 Å². The first-order valence-electron chi connectivity index (χ1n) is 4.40. The molecule has 5 nitrogen and oxygen atoms in total. The van der Waals surface area contributed by atoms with E-state index in [-0.39, 0.29) is 5.91 Å². The van der Waals surface area contributed by atoms with Crippen molar-refractivity contribution in [3.63, 3.8) is 0 Å². The first-order chi connectivity index (χ1) is 6.65. The number of nitrogens with two attached hydrogens (primary N) is 1. The summed E-state index contributed by atoms with van der Waals surface area (Å²) in [6.07, 6.45) is 3.14. The van der Waals surface area contributed by atoms with Crippen molar-refractivity contribution in [2.75, 3.05) is 5.32 Å². The summed E-state index contributed by atoms with van der Waals surface area (Å²) in [4.78, 5) is 11.4. The van der Waals surface area contributed by atoms with Crippen LogP contribution in [0.2, 0.25) is 0 Å². The van der Waals surface area contributed by atoms with Gasteiger partial charge in [-0.1, -0.05) is 13.3 Å². The zero-order chi connectivity index (χ0) is 10.6. The Morgan fingerprint density at radius 3 is 3.07 bits per heavy atom. The lowest BCUT2D eigenvalue weighted by Gasteiger charge is -2.09. The quantitative estimate of drug-likeness (QED) is 0.762. The van der Waals surface area contributed by atoms with Gasteiger partial charge in [0.25, 0.3) is 0 Å². The van der Waals surface area contributed by atoms with Crippen LogP contribution >= 0.6 is 15.9 Å². The SMILES string of the molecule is CCC[C@H](N)C(=O)Nc1[nH]ncc1Br. The molecule has 0 spiro atoms. The monoisotopic (exact) mass is 260 g/mol. The van der Waals surface area contributed by atoms with E-state index >= 15 is 0 Å². The Balaban J connectivity index is 2.53. The highest BCUT2D eigenvalue weighted by Crippen LogP contribution is 2.17. The second kappa shape index (κ2) is 5.11. The number of rotatable bonds is 4. The predicted molar refractivity (Wildman–Crippen MR) is 57.8 cm³/mol. The van der Waals surface area contributed by atoms with Crippen LogP contribution in [0.3, 0.4) is 0 Å². The van der Waals surface area contributed by atoms with Crippen LogP contribution in [0.1, 0.15) is 19.8 Å². The van der Waals surface area contributed by atoms with Gasteiger partial charge in [-0.3, -0.25) is 9.89 Å². The summed E-state index contributed by atoms with van der Waals surface area (Å²) in [6, 6.07) is -0.463. The molecule has 0 saturated heterocycles. The molecule has 0 aliphatic carbocycles. The number of nitrogens with one attached hydrogen (secondary N) is 2. The van der Waals surface area contributed by atoms with Gasteiger partial charge in [0.2, 0.25) is 5.91 Å². The van der Waals surface area contributed by atoms with Gasteiger partial charge in [0.15, 0.2) is 0 Å². The van der Waals surface area contributed by atoms with Gasteiger partial charge in [0, 0.05) is 0 Å². The van der Waals surface area contributed by atoms with Crippen LogP contribution in [0.4, 0.5) is 5.82 Å². The molecular formula is C8H13BrN4O. The molecule has 0 saturated carbocycles. The molecule has 0 fully saturated rings. The highest BCUT2D eigenvalue weighted by molar-refractivity contribution is 9.10. The summed E-state index contributed by atoms with van der Waals surface area (Å²) in [7, 11) is 0. The van der Waals surface area contributed by atoms with E-state index < -0.39 is 6.04 Å². The van der Waals surface area contributed by atoms with Crippen LogP contribution in [0, 0.1) is 0 Å². The van der Waals surface area contributed by atoms with Crippen molar-refractivity contribution in [2.24, 2.45) is 5.73 Å². The first-order valence-corrected chi connectivity index (χ1v) is 5.19. The van der Waals surface area contributed by atoms with E-state index in [0.29, 0.717) is 12.2 Å². The first kappa shape index (κ1) is 11.2. The average molecular weight is 261 g/mol. The summed E-state index contributed by atoms with van der Waals surface area (Å²) < 4.78 is 0.717. The molecular weight excluding hydrogens is 248 g/mol. The van der Waals surface area contributed by atoms with Gasteiger partial charge in [0.05, 0.1) is 16.7 Å². The molecule has 4 N–H and O–H groups in total. The Kier molecular flexibility index (Phi) is 4.09. The maximum Gasteiger partial charge on any atom is 0.242 e. The van der Waals surface area contributed by atoms with Gasteiger partial charge >= 0.3 is 0 Å². The van der Waals surface area contributed by atoms with Gasteiger partial charge in [0.1, 0.15) is 5.82 Å². The molecule has 1 rings (SSSR count). The maximum absolute atomic E-state index is 11.4. The minimum atomic E-state index is -0.463. The molecule has 0 aliphatic rings. The van der Waals surface area contributed by atoms with Gasteiger partial charge in [-0.05, 0) is 22.4 Å². The Morgan fingerprint density at radius 2 is 2.57 bits per heavy atom. The molecule has 0 aliphatic heterocycles. The van der Waals surface area contributed by atoms with Crippen molar-refractivity contribution < 1.29 is 4.79 Å². The predicted octanol–water partition coefficient (Wildman–Crippen LogP) is 1.24. The summed E-state index contributed by atoms with van der Waals surface area (Å²) in [6.45, 7) is 1.99. The molecule has 1 atom stereocenters. The zero-order valence-corrected chi connectivity index (χ0v) is 9.47. The summed E-state index contributed by atoms with van der Waals surface area (Å²) in [5.74, 6) is 0.346. The van der Waals surface area contributed by atoms with Crippen molar-refractivity contribution in [1.29, 1.82) is 0 Å². The lowest BCUT2D eigenvalue weighted by Crippen LogP contribution is -2.35.